The molecule has 2 heterocycles. The quantitative estimate of drug-likeness (QED) is 0.819. The van der Waals surface area contributed by atoms with Gasteiger partial charge in [0.1, 0.15) is 5.75 Å². The second-order valence-corrected chi connectivity index (χ2v) is 7.80. The zero-order valence-corrected chi connectivity index (χ0v) is 15.6. The lowest BCUT2D eigenvalue weighted by Crippen LogP contribution is -2.61. The van der Waals surface area contributed by atoms with Crippen molar-refractivity contribution in [2.75, 3.05) is 13.2 Å². The Hall–Kier alpha value is -2.02. The van der Waals surface area contributed by atoms with Gasteiger partial charge in [0, 0.05) is 25.0 Å². The average molecular weight is 389 g/mol. The predicted molar refractivity (Wildman–Crippen MR) is 101 cm³/mol. The number of piperidine rings is 1. The number of fused-ring (bicyclic) bond motifs is 2. The summed E-state index contributed by atoms with van der Waals surface area (Å²) in [7, 11) is 0. The van der Waals surface area contributed by atoms with Crippen molar-refractivity contribution >= 4 is 0 Å². The average Bonchev–Trinajstić information content (AvgIpc) is 2.65. The standard InChI is InChI=1S/C22H25F2NO3/c23-21(24)28-20-9-5-4-8-17(20)10-22(26)11-18-14-27-15-19(12-22)25(18)13-16-6-2-1-3-7-16/h1-9,18-19,21,26H,10-15H2. The highest BCUT2D eigenvalue weighted by atomic mass is 19.3. The molecule has 0 aliphatic carbocycles. The third-order valence-electron chi connectivity index (χ3n) is 5.71. The van der Waals surface area contributed by atoms with Crippen LogP contribution < -0.4 is 4.74 Å². The van der Waals surface area contributed by atoms with E-state index in [2.05, 4.69) is 21.8 Å². The monoisotopic (exact) mass is 389 g/mol. The van der Waals surface area contributed by atoms with Gasteiger partial charge in [-0.15, -0.1) is 0 Å². The van der Waals surface area contributed by atoms with Gasteiger partial charge in [0.25, 0.3) is 0 Å². The molecule has 1 N–H and O–H groups in total. The smallest absolute Gasteiger partial charge is 0.387 e. The first kappa shape index (κ1) is 19.3. The van der Waals surface area contributed by atoms with Crippen molar-refractivity contribution in [1.82, 2.24) is 4.90 Å². The SMILES string of the molecule is OC1(Cc2ccccc2OC(F)F)CC2COCC(C1)N2Cc1ccccc1. The highest BCUT2D eigenvalue weighted by Crippen LogP contribution is 2.38. The van der Waals surface area contributed by atoms with Crippen LogP contribution >= 0.6 is 0 Å². The lowest BCUT2D eigenvalue weighted by atomic mass is 9.77. The number of hydrogen-bond acceptors (Lipinski definition) is 4. The molecular formula is C22H25F2NO3. The number of para-hydroxylation sites is 1. The van der Waals surface area contributed by atoms with Crippen molar-refractivity contribution in [2.45, 2.75) is 50.1 Å². The van der Waals surface area contributed by atoms with E-state index in [1.54, 1.807) is 18.2 Å². The fourth-order valence-corrected chi connectivity index (χ4v) is 4.55. The highest BCUT2D eigenvalue weighted by Gasteiger charge is 2.46. The minimum Gasteiger partial charge on any atom is -0.435 e. The van der Waals surface area contributed by atoms with Crippen LogP contribution in [0.1, 0.15) is 24.0 Å². The van der Waals surface area contributed by atoms with Crippen LogP contribution in [0, 0.1) is 0 Å². The summed E-state index contributed by atoms with van der Waals surface area (Å²) in [6, 6.07) is 17.2. The van der Waals surface area contributed by atoms with Gasteiger partial charge in [0.2, 0.25) is 0 Å². The fourth-order valence-electron chi connectivity index (χ4n) is 4.55. The number of rotatable bonds is 6. The summed E-state index contributed by atoms with van der Waals surface area (Å²) in [4.78, 5) is 2.41. The van der Waals surface area contributed by atoms with E-state index in [9.17, 15) is 13.9 Å². The van der Waals surface area contributed by atoms with E-state index >= 15 is 0 Å². The molecule has 2 aromatic rings. The van der Waals surface area contributed by atoms with E-state index in [1.165, 1.54) is 11.6 Å². The van der Waals surface area contributed by atoms with E-state index in [0.717, 1.165) is 6.54 Å². The summed E-state index contributed by atoms with van der Waals surface area (Å²) in [6.45, 7) is -0.918. The molecule has 2 aromatic carbocycles. The maximum absolute atomic E-state index is 12.7. The third-order valence-corrected chi connectivity index (χ3v) is 5.71. The summed E-state index contributed by atoms with van der Waals surface area (Å²) in [5.41, 5.74) is 0.884. The van der Waals surface area contributed by atoms with Gasteiger partial charge in [0.05, 0.1) is 18.8 Å². The maximum atomic E-state index is 12.7. The van der Waals surface area contributed by atoms with Crippen molar-refractivity contribution in [3.8, 4) is 5.75 Å². The molecular weight excluding hydrogens is 364 g/mol. The van der Waals surface area contributed by atoms with Crippen LogP contribution in [0.3, 0.4) is 0 Å². The molecule has 0 spiro atoms. The molecule has 2 fully saturated rings. The predicted octanol–water partition coefficient (Wildman–Crippen LogP) is 3.63. The number of halogens is 2. The number of benzene rings is 2. The van der Waals surface area contributed by atoms with E-state index < -0.39 is 12.2 Å². The fraction of sp³-hybridized carbons (Fsp3) is 0.455. The van der Waals surface area contributed by atoms with Gasteiger partial charge in [-0.25, -0.2) is 0 Å². The molecule has 150 valence electrons. The summed E-state index contributed by atoms with van der Waals surface area (Å²) in [5.74, 6) is 0.138. The summed E-state index contributed by atoms with van der Waals surface area (Å²) < 4.78 is 35.8. The van der Waals surface area contributed by atoms with E-state index in [-0.39, 0.29) is 17.8 Å². The van der Waals surface area contributed by atoms with E-state index in [1.807, 2.05) is 18.2 Å². The molecule has 2 aliphatic heterocycles. The van der Waals surface area contributed by atoms with Crippen molar-refractivity contribution in [2.24, 2.45) is 0 Å². The molecule has 2 aliphatic rings. The Morgan fingerprint density at radius 1 is 1.04 bits per heavy atom. The van der Waals surface area contributed by atoms with E-state index in [0.29, 0.717) is 38.0 Å². The number of nitrogens with zero attached hydrogens (tertiary/aromatic N) is 1. The number of hydrogen-bond donors (Lipinski definition) is 1. The second kappa shape index (κ2) is 8.15. The minimum absolute atomic E-state index is 0.0980. The molecule has 4 nitrogen and oxygen atoms in total. The maximum Gasteiger partial charge on any atom is 0.387 e. The largest absolute Gasteiger partial charge is 0.435 e. The van der Waals surface area contributed by atoms with Gasteiger partial charge in [-0.2, -0.15) is 8.78 Å². The van der Waals surface area contributed by atoms with Crippen LogP contribution in [0.15, 0.2) is 54.6 Å². The number of alkyl halides is 2. The Morgan fingerprint density at radius 2 is 1.68 bits per heavy atom. The van der Waals surface area contributed by atoms with Crippen molar-refractivity contribution in [3.05, 3.63) is 65.7 Å². The Bertz CT molecular complexity index is 772. The number of ether oxygens (including phenoxy) is 2. The molecule has 28 heavy (non-hydrogen) atoms. The van der Waals surface area contributed by atoms with Crippen LogP contribution in [-0.2, 0) is 17.7 Å². The Morgan fingerprint density at radius 3 is 2.36 bits per heavy atom. The summed E-state index contributed by atoms with van der Waals surface area (Å²) in [6.07, 6.45) is 1.38. The molecule has 2 atom stereocenters. The topological polar surface area (TPSA) is 41.9 Å². The number of aliphatic hydroxyl groups is 1. The molecule has 4 rings (SSSR count). The normalized spacial score (nSPS) is 27.7. The summed E-state index contributed by atoms with van der Waals surface area (Å²) in [5, 5.41) is 11.3. The van der Waals surface area contributed by atoms with Gasteiger partial charge in [-0.3, -0.25) is 4.90 Å². The van der Waals surface area contributed by atoms with Crippen molar-refractivity contribution in [1.29, 1.82) is 0 Å². The molecule has 2 bridgehead atoms. The second-order valence-electron chi connectivity index (χ2n) is 7.80. The van der Waals surface area contributed by atoms with Gasteiger partial charge >= 0.3 is 6.61 Å². The molecule has 0 radical (unpaired) electrons. The Labute approximate surface area is 163 Å². The van der Waals surface area contributed by atoms with E-state index in [4.69, 9.17) is 4.74 Å². The highest BCUT2D eigenvalue weighted by molar-refractivity contribution is 5.35. The molecule has 2 unspecified atom stereocenters. The first-order valence-electron chi connectivity index (χ1n) is 9.65. The van der Waals surface area contributed by atoms with Crippen LogP contribution in [-0.4, -0.2) is 47.5 Å². The van der Waals surface area contributed by atoms with Crippen LogP contribution in [0.25, 0.3) is 0 Å². The minimum atomic E-state index is -2.88. The first-order chi connectivity index (χ1) is 13.5. The zero-order chi connectivity index (χ0) is 19.6. The van der Waals surface area contributed by atoms with Gasteiger partial charge in [0.15, 0.2) is 0 Å². The molecule has 0 aromatic heterocycles. The van der Waals surface area contributed by atoms with Crippen LogP contribution in [0.4, 0.5) is 8.78 Å². The van der Waals surface area contributed by atoms with Gasteiger partial charge < -0.3 is 14.6 Å². The van der Waals surface area contributed by atoms with Crippen molar-refractivity contribution < 1.29 is 23.4 Å². The molecule has 0 amide bonds. The van der Waals surface area contributed by atoms with Crippen LogP contribution in [0.2, 0.25) is 0 Å². The third kappa shape index (κ3) is 4.35. The molecule has 0 saturated carbocycles. The van der Waals surface area contributed by atoms with Crippen LogP contribution in [0.5, 0.6) is 5.75 Å². The number of morpholine rings is 1. The lowest BCUT2D eigenvalue weighted by molar-refractivity contribution is -0.145. The molecule has 2 saturated heterocycles. The Kier molecular flexibility index (Phi) is 5.62. The first-order valence-corrected chi connectivity index (χ1v) is 9.65. The Balaban J connectivity index is 1.50. The summed E-state index contributed by atoms with van der Waals surface area (Å²) >= 11 is 0. The van der Waals surface area contributed by atoms with Crippen molar-refractivity contribution in [3.63, 3.8) is 0 Å². The van der Waals surface area contributed by atoms with Gasteiger partial charge in [-0.05, 0) is 30.0 Å². The van der Waals surface area contributed by atoms with Gasteiger partial charge in [-0.1, -0.05) is 48.5 Å². The zero-order valence-electron chi connectivity index (χ0n) is 15.6. The lowest BCUT2D eigenvalue weighted by Gasteiger charge is -2.52. The molecule has 6 heteroatoms.